The lowest BCUT2D eigenvalue weighted by atomic mass is 10.3. The summed E-state index contributed by atoms with van der Waals surface area (Å²) in [4.78, 5) is 23.3. The fraction of sp³-hybridized carbons (Fsp3) is 0.714. The van der Waals surface area contributed by atoms with E-state index in [2.05, 4.69) is 10.1 Å². The van der Waals surface area contributed by atoms with Crippen LogP contribution in [-0.2, 0) is 9.53 Å². The maximum Gasteiger partial charge on any atom is 0.325 e. The molecule has 1 N–H and O–H groups in total. The van der Waals surface area contributed by atoms with E-state index in [4.69, 9.17) is 0 Å². The molecule has 1 saturated heterocycles. The van der Waals surface area contributed by atoms with Gasteiger partial charge in [0.05, 0.1) is 7.11 Å². The Morgan fingerprint density at radius 3 is 3.08 bits per heavy atom. The average Bonchev–Trinajstić information content (AvgIpc) is 2.09. The zero-order valence-electron chi connectivity index (χ0n) is 7.00. The van der Waals surface area contributed by atoms with Crippen LogP contribution in [0.3, 0.4) is 0 Å². The summed E-state index contributed by atoms with van der Waals surface area (Å²) in [7, 11) is 1.31. The van der Waals surface area contributed by atoms with Crippen molar-refractivity contribution in [2.24, 2.45) is 0 Å². The monoisotopic (exact) mass is 172 g/mol. The topological polar surface area (TPSA) is 58.6 Å². The van der Waals surface area contributed by atoms with Crippen molar-refractivity contribution in [1.82, 2.24) is 10.2 Å². The van der Waals surface area contributed by atoms with Crippen LogP contribution < -0.4 is 5.32 Å². The largest absolute Gasteiger partial charge is 0.468 e. The number of carbonyl (C=O) groups is 2. The van der Waals surface area contributed by atoms with E-state index in [0.717, 1.165) is 6.42 Å². The second kappa shape index (κ2) is 3.94. The molecule has 1 fully saturated rings. The first-order chi connectivity index (χ1) is 5.74. The zero-order valence-corrected chi connectivity index (χ0v) is 7.00. The highest BCUT2D eigenvalue weighted by atomic mass is 16.5. The summed E-state index contributed by atoms with van der Waals surface area (Å²) >= 11 is 0. The summed E-state index contributed by atoms with van der Waals surface area (Å²) in [5.74, 6) is -0.382. The Bertz CT molecular complexity index is 193. The van der Waals surface area contributed by atoms with E-state index in [9.17, 15) is 9.59 Å². The molecule has 0 aliphatic carbocycles. The van der Waals surface area contributed by atoms with Gasteiger partial charge in [0.2, 0.25) is 0 Å². The second-order valence-corrected chi connectivity index (χ2v) is 2.58. The lowest BCUT2D eigenvalue weighted by Crippen LogP contribution is -2.48. The predicted molar refractivity (Wildman–Crippen MR) is 41.6 cm³/mol. The first-order valence-corrected chi connectivity index (χ1v) is 3.83. The Morgan fingerprint density at radius 2 is 2.50 bits per heavy atom. The van der Waals surface area contributed by atoms with Crippen molar-refractivity contribution in [2.45, 2.75) is 6.42 Å². The highest BCUT2D eigenvalue weighted by Gasteiger charge is 2.19. The first kappa shape index (κ1) is 8.83. The smallest absolute Gasteiger partial charge is 0.325 e. The molecule has 0 aromatic carbocycles. The summed E-state index contributed by atoms with van der Waals surface area (Å²) in [5.41, 5.74) is 0. The third kappa shape index (κ3) is 2.11. The van der Waals surface area contributed by atoms with Crippen LogP contribution in [0.25, 0.3) is 0 Å². The van der Waals surface area contributed by atoms with Crippen LogP contribution in [0.4, 0.5) is 4.79 Å². The fourth-order valence-electron chi connectivity index (χ4n) is 1.05. The van der Waals surface area contributed by atoms with Gasteiger partial charge in [-0.3, -0.25) is 4.79 Å². The lowest BCUT2D eigenvalue weighted by Gasteiger charge is -2.25. The second-order valence-electron chi connectivity index (χ2n) is 2.58. The van der Waals surface area contributed by atoms with Crippen molar-refractivity contribution in [3.8, 4) is 0 Å². The maximum absolute atomic E-state index is 11.1. The minimum absolute atomic E-state index is 0.0440. The van der Waals surface area contributed by atoms with Crippen molar-refractivity contribution >= 4 is 12.0 Å². The van der Waals surface area contributed by atoms with Crippen LogP contribution in [0.5, 0.6) is 0 Å². The van der Waals surface area contributed by atoms with Gasteiger partial charge in [0.15, 0.2) is 0 Å². The van der Waals surface area contributed by atoms with Crippen LogP contribution in [0.15, 0.2) is 0 Å². The van der Waals surface area contributed by atoms with Gasteiger partial charge in [-0.1, -0.05) is 0 Å². The molecule has 1 heterocycles. The molecule has 12 heavy (non-hydrogen) atoms. The SMILES string of the molecule is COC(=O)CN1CCCNC1=O. The third-order valence-electron chi connectivity index (χ3n) is 1.72. The molecule has 0 aromatic rings. The molecule has 68 valence electrons. The van der Waals surface area contributed by atoms with Crippen LogP contribution in [0.1, 0.15) is 6.42 Å². The van der Waals surface area contributed by atoms with Gasteiger partial charge in [0, 0.05) is 13.1 Å². The number of carbonyl (C=O) groups excluding carboxylic acids is 2. The molecule has 0 saturated carbocycles. The van der Waals surface area contributed by atoms with Gasteiger partial charge in [0.25, 0.3) is 0 Å². The number of hydrogen-bond acceptors (Lipinski definition) is 3. The normalized spacial score (nSPS) is 17.1. The standard InChI is InChI=1S/C7H12N2O3/c1-12-6(10)5-9-4-2-3-8-7(9)11/h2-5H2,1H3,(H,8,11). The van der Waals surface area contributed by atoms with Gasteiger partial charge in [0.1, 0.15) is 6.54 Å². The molecular weight excluding hydrogens is 160 g/mol. The summed E-state index contributed by atoms with van der Waals surface area (Å²) in [6.07, 6.45) is 0.878. The highest BCUT2D eigenvalue weighted by Crippen LogP contribution is 1.98. The Morgan fingerprint density at radius 1 is 1.75 bits per heavy atom. The summed E-state index contributed by atoms with van der Waals surface area (Å²) in [6.45, 7) is 1.36. The molecular formula is C7H12N2O3. The Labute approximate surface area is 70.7 Å². The molecule has 5 nitrogen and oxygen atoms in total. The van der Waals surface area contributed by atoms with E-state index in [0.29, 0.717) is 13.1 Å². The molecule has 0 unspecified atom stereocenters. The number of rotatable bonds is 2. The Hall–Kier alpha value is -1.26. The number of nitrogens with zero attached hydrogens (tertiary/aromatic N) is 1. The number of amides is 2. The molecule has 0 spiro atoms. The minimum Gasteiger partial charge on any atom is -0.468 e. The van der Waals surface area contributed by atoms with Gasteiger partial charge in [-0.15, -0.1) is 0 Å². The van der Waals surface area contributed by atoms with Gasteiger partial charge < -0.3 is 15.0 Å². The molecule has 1 aliphatic heterocycles. The highest BCUT2D eigenvalue weighted by molar-refractivity contribution is 5.81. The lowest BCUT2D eigenvalue weighted by molar-refractivity contribution is -0.141. The molecule has 0 aromatic heterocycles. The number of esters is 1. The summed E-state index contributed by atoms with van der Waals surface area (Å²) in [6, 6.07) is -0.188. The van der Waals surface area contributed by atoms with Gasteiger partial charge in [-0.25, -0.2) is 4.79 Å². The van der Waals surface area contributed by atoms with E-state index in [1.165, 1.54) is 12.0 Å². The van der Waals surface area contributed by atoms with Gasteiger partial charge in [-0.2, -0.15) is 0 Å². The van der Waals surface area contributed by atoms with Crippen molar-refractivity contribution in [3.63, 3.8) is 0 Å². The van der Waals surface area contributed by atoms with E-state index in [-0.39, 0.29) is 18.5 Å². The van der Waals surface area contributed by atoms with Crippen LogP contribution >= 0.6 is 0 Å². The molecule has 5 heteroatoms. The minimum atomic E-state index is -0.382. The Kier molecular flexibility index (Phi) is 2.90. The number of ether oxygens (including phenoxy) is 1. The third-order valence-corrected chi connectivity index (χ3v) is 1.72. The number of nitrogens with one attached hydrogen (secondary N) is 1. The van der Waals surface area contributed by atoms with Crippen molar-refractivity contribution in [2.75, 3.05) is 26.7 Å². The zero-order chi connectivity index (χ0) is 8.97. The number of hydrogen-bond donors (Lipinski definition) is 1. The summed E-state index contributed by atoms with van der Waals surface area (Å²) < 4.78 is 4.44. The number of urea groups is 1. The first-order valence-electron chi connectivity index (χ1n) is 3.83. The van der Waals surface area contributed by atoms with Gasteiger partial charge in [-0.05, 0) is 6.42 Å². The van der Waals surface area contributed by atoms with Gasteiger partial charge >= 0.3 is 12.0 Å². The summed E-state index contributed by atoms with van der Waals surface area (Å²) in [5, 5.41) is 2.64. The van der Waals surface area contributed by atoms with Crippen molar-refractivity contribution < 1.29 is 14.3 Å². The molecule has 0 bridgehead atoms. The average molecular weight is 172 g/mol. The van der Waals surface area contributed by atoms with E-state index in [1.807, 2.05) is 0 Å². The molecule has 0 radical (unpaired) electrons. The quantitative estimate of drug-likeness (QED) is 0.575. The molecule has 2 amide bonds. The van der Waals surface area contributed by atoms with Crippen LogP contribution in [-0.4, -0.2) is 43.6 Å². The maximum atomic E-state index is 11.1. The van der Waals surface area contributed by atoms with E-state index >= 15 is 0 Å². The van der Waals surface area contributed by atoms with Crippen LogP contribution in [0.2, 0.25) is 0 Å². The van der Waals surface area contributed by atoms with E-state index in [1.54, 1.807) is 0 Å². The van der Waals surface area contributed by atoms with Crippen LogP contribution in [0, 0.1) is 0 Å². The van der Waals surface area contributed by atoms with Crippen molar-refractivity contribution in [1.29, 1.82) is 0 Å². The Balaban J connectivity index is 2.39. The molecule has 1 aliphatic rings. The predicted octanol–water partition coefficient (Wildman–Crippen LogP) is -0.425. The fourth-order valence-corrected chi connectivity index (χ4v) is 1.05. The van der Waals surface area contributed by atoms with E-state index < -0.39 is 0 Å². The molecule has 0 atom stereocenters. The van der Waals surface area contributed by atoms with Crippen molar-refractivity contribution in [3.05, 3.63) is 0 Å². The number of methoxy groups -OCH3 is 1. The molecule has 1 rings (SSSR count).